The van der Waals surface area contributed by atoms with Gasteiger partial charge in [0.25, 0.3) is 0 Å². The molecular weight excluding hydrogens is 214 g/mol. The molecule has 0 bridgehead atoms. The molecule has 0 fully saturated rings. The van der Waals surface area contributed by atoms with Crippen LogP contribution in [0.4, 0.5) is 5.69 Å². The Morgan fingerprint density at radius 3 is 2.59 bits per heavy atom. The molecule has 0 aliphatic heterocycles. The second-order valence-corrected chi connectivity index (χ2v) is 3.72. The van der Waals surface area contributed by atoms with Crippen LogP contribution in [0, 0.1) is 0 Å². The maximum atomic E-state index is 10.6. The fourth-order valence-electron chi connectivity index (χ4n) is 1.49. The van der Waals surface area contributed by atoms with Crippen molar-refractivity contribution >= 4 is 12.0 Å². The van der Waals surface area contributed by atoms with Crippen LogP contribution in [0.3, 0.4) is 0 Å². The van der Waals surface area contributed by atoms with Crippen LogP contribution in [0.5, 0.6) is 5.75 Å². The van der Waals surface area contributed by atoms with Crippen molar-refractivity contribution in [1.82, 2.24) is 0 Å². The summed E-state index contributed by atoms with van der Waals surface area (Å²) in [6.45, 7) is 0.436. The summed E-state index contributed by atoms with van der Waals surface area (Å²) >= 11 is 0. The van der Waals surface area contributed by atoms with E-state index in [0.29, 0.717) is 17.9 Å². The van der Waals surface area contributed by atoms with Gasteiger partial charge < -0.3 is 10.5 Å². The number of aldehydes is 1. The lowest BCUT2D eigenvalue weighted by molar-refractivity contribution is 0.112. The number of ether oxygens (including phenoxy) is 1. The topological polar surface area (TPSA) is 52.3 Å². The van der Waals surface area contributed by atoms with Crippen LogP contribution in [0.25, 0.3) is 0 Å². The average Bonchev–Trinajstić information content (AvgIpc) is 2.38. The molecule has 2 N–H and O–H groups in total. The minimum atomic E-state index is 0.436. The molecule has 2 aromatic carbocycles. The number of hydrogen-bond acceptors (Lipinski definition) is 3. The van der Waals surface area contributed by atoms with Gasteiger partial charge in [-0.1, -0.05) is 18.2 Å². The number of nitrogens with two attached hydrogens (primary N) is 1. The lowest BCUT2D eigenvalue weighted by atomic mass is 10.1. The van der Waals surface area contributed by atoms with Gasteiger partial charge in [0.15, 0.2) is 0 Å². The summed E-state index contributed by atoms with van der Waals surface area (Å²) in [6.07, 6.45) is 0.826. The highest BCUT2D eigenvalue weighted by Crippen LogP contribution is 2.15. The van der Waals surface area contributed by atoms with E-state index in [0.717, 1.165) is 17.6 Å². The standard InChI is InChI=1S/C14H13NO2/c15-13-4-6-14(7-5-13)17-10-12-3-1-2-11(8-12)9-16/h1-9H,10,15H2. The minimum absolute atomic E-state index is 0.436. The molecule has 0 atom stereocenters. The molecule has 17 heavy (non-hydrogen) atoms. The zero-order chi connectivity index (χ0) is 12.1. The molecule has 0 unspecified atom stereocenters. The summed E-state index contributed by atoms with van der Waals surface area (Å²) in [6, 6.07) is 14.5. The fourth-order valence-corrected chi connectivity index (χ4v) is 1.49. The summed E-state index contributed by atoms with van der Waals surface area (Å²) < 4.78 is 5.58. The summed E-state index contributed by atoms with van der Waals surface area (Å²) in [5.74, 6) is 0.760. The third-order valence-electron chi connectivity index (χ3n) is 2.37. The molecule has 0 amide bonds. The molecule has 0 spiro atoms. The predicted molar refractivity (Wildman–Crippen MR) is 67.0 cm³/mol. The molecule has 3 nitrogen and oxygen atoms in total. The zero-order valence-corrected chi connectivity index (χ0v) is 9.30. The van der Waals surface area contributed by atoms with Gasteiger partial charge in [-0.05, 0) is 35.9 Å². The second-order valence-electron chi connectivity index (χ2n) is 3.72. The van der Waals surface area contributed by atoms with E-state index in [2.05, 4.69) is 0 Å². The van der Waals surface area contributed by atoms with E-state index in [-0.39, 0.29) is 0 Å². The summed E-state index contributed by atoms with van der Waals surface area (Å²) in [5.41, 5.74) is 7.91. The quantitative estimate of drug-likeness (QED) is 0.645. The average molecular weight is 227 g/mol. The first-order valence-electron chi connectivity index (χ1n) is 5.30. The number of carbonyl (C=O) groups is 1. The van der Waals surface area contributed by atoms with Crippen molar-refractivity contribution in [1.29, 1.82) is 0 Å². The van der Waals surface area contributed by atoms with E-state index >= 15 is 0 Å². The van der Waals surface area contributed by atoms with Gasteiger partial charge in [0.1, 0.15) is 18.6 Å². The van der Waals surface area contributed by atoms with Gasteiger partial charge >= 0.3 is 0 Å². The van der Waals surface area contributed by atoms with E-state index in [9.17, 15) is 4.79 Å². The minimum Gasteiger partial charge on any atom is -0.489 e. The van der Waals surface area contributed by atoms with Crippen molar-refractivity contribution in [3.05, 3.63) is 59.7 Å². The predicted octanol–water partition coefficient (Wildman–Crippen LogP) is 2.66. The molecule has 0 aliphatic carbocycles. The first kappa shape index (κ1) is 11.2. The van der Waals surface area contributed by atoms with Gasteiger partial charge in [-0.3, -0.25) is 4.79 Å². The molecule has 0 aliphatic rings. The Labute approximate surface area is 99.8 Å². The molecule has 2 aromatic rings. The van der Waals surface area contributed by atoms with Crippen LogP contribution in [0.2, 0.25) is 0 Å². The van der Waals surface area contributed by atoms with Crippen molar-refractivity contribution in [2.75, 3.05) is 5.73 Å². The van der Waals surface area contributed by atoms with E-state index in [1.165, 1.54) is 0 Å². The van der Waals surface area contributed by atoms with Gasteiger partial charge in [-0.25, -0.2) is 0 Å². The first-order chi connectivity index (χ1) is 8.28. The fraction of sp³-hybridized carbons (Fsp3) is 0.0714. The van der Waals surface area contributed by atoms with Crippen LogP contribution < -0.4 is 10.5 Å². The van der Waals surface area contributed by atoms with E-state index in [4.69, 9.17) is 10.5 Å². The Kier molecular flexibility index (Phi) is 3.40. The Hall–Kier alpha value is -2.29. The van der Waals surface area contributed by atoms with Crippen LogP contribution in [0.1, 0.15) is 15.9 Å². The van der Waals surface area contributed by atoms with Crippen LogP contribution >= 0.6 is 0 Å². The molecule has 0 heterocycles. The van der Waals surface area contributed by atoms with Gasteiger partial charge in [0, 0.05) is 11.3 Å². The maximum Gasteiger partial charge on any atom is 0.150 e. The molecule has 2 rings (SSSR count). The molecule has 86 valence electrons. The monoisotopic (exact) mass is 227 g/mol. The van der Waals surface area contributed by atoms with Gasteiger partial charge in [0.2, 0.25) is 0 Å². The Morgan fingerprint density at radius 2 is 1.88 bits per heavy atom. The van der Waals surface area contributed by atoms with Crippen molar-refractivity contribution in [3.63, 3.8) is 0 Å². The molecule has 0 saturated carbocycles. The molecule has 0 aromatic heterocycles. The molecule has 3 heteroatoms. The van der Waals surface area contributed by atoms with E-state index < -0.39 is 0 Å². The van der Waals surface area contributed by atoms with Crippen molar-refractivity contribution in [2.24, 2.45) is 0 Å². The van der Waals surface area contributed by atoms with Crippen LogP contribution in [0.15, 0.2) is 48.5 Å². The zero-order valence-electron chi connectivity index (χ0n) is 9.30. The number of anilines is 1. The summed E-state index contributed by atoms with van der Waals surface area (Å²) in [7, 11) is 0. The van der Waals surface area contributed by atoms with Crippen molar-refractivity contribution < 1.29 is 9.53 Å². The normalized spacial score (nSPS) is 9.88. The Bertz CT molecular complexity index is 506. The smallest absolute Gasteiger partial charge is 0.150 e. The molecule has 0 radical (unpaired) electrons. The summed E-state index contributed by atoms with van der Waals surface area (Å²) in [5, 5.41) is 0. The Balaban J connectivity index is 2.01. The largest absolute Gasteiger partial charge is 0.489 e. The van der Waals surface area contributed by atoms with Crippen LogP contribution in [-0.4, -0.2) is 6.29 Å². The van der Waals surface area contributed by atoms with Gasteiger partial charge in [0.05, 0.1) is 0 Å². The second kappa shape index (κ2) is 5.16. The SMILES string of the molecule is Nc1ccc(OCc2cccc(C=O)c2)cc1. The van der Waals surface area contributed by atoms with E-state index in [1.54, 1.807) is 18.2 Å². The van der Waals surface area contributed by atoms with Gasteiger partial charge in [-0.2, -0.15) is 0 Å². The maximum absolute atomic E-state index is 10.6. The van der Waals surface area contributed by atoms with Crippen molar-refractivity contribution in [3.8, 4) is 5.75 Å². The highest BCUT2D eigenvalue weighted by molar-refractivity contribution is 5.74. The first-order valence-corrected chi connectivity index (χ1v) is 5.30. The highest BCUT2D eigenvalue weighted by Gasteiger charge is 1.97. The van der Waals surface area contributed by atoms with Crippen LogP contribution in [-0.2, 0) is 6.61 Å². The number of nitrogen functional groups attached to an aromatic ring is 1. The molecule has 0 saturated heterocycles. The number of benzene rings is 2. The number of carbonyl (C=O) groups excluding carboxylic acids is 1. The Morgan fingerprint density at radius 1 is 1.12 bits per heavy atom. The molecular formula is C14H13NO2. The summed E-state index contributed by atoms with van der Waals surface area (Å²) in [4.78, 5) is 10.6. The van der Waals surface area contributed by atoms with Crippen molar-refractivity contribution in [2.45, 2.75) is 6.61 Å². The van der Waals surface area contributed by atoms with Gasteiger partial charge in [-0.15, -0.1) is 0 Å². The highest BCUT2D eigenvalue weighted by atomic mass is 16.5. The third-order valence-corrected chi connectivity index (χ3v) is 2.37. The lowest BCUT2D eigenvalue weighted by Gasteiger charge is -2.06. The van der Waals surface area contributed by atoms with E-state index in [1.807, 2.05) is 30.3 Å². The third kappa shape index (κ3) is 3.08. The lowest BCUT2D eigenvalue weighted by Crippen LogP contribution is -1.96. The number of rotatable bonds is 4. The number of hydrogen-bond donors (Lipinski definition) is 1.